The second kappa shape index (κ2) is 4.03. The van der Waals surface area contributed by atoms with Gasteiger partial charge in [-0.2, -0.15) is 5.10 Å². The number of aliphatic imine (C=N–C) groups is 1. The summed E-state index contributed by atoms with van der Waals surface area (Å²) in [6, 6.07) is 0. The molecule has 0 N–H and O–H groups in total. The van der Waals surface area contributed by atoms with Crippen molar-refractivity contribution in [3.63, 3.8) is 0 Å². The summed E-state index contributed by atoms with van der Waals surface area (Å²) in [5.74, 6) is 0.930. The maximum absolute atomic E-state index is 4.41. The van der Waals surface area contributed by atoms with E-state index in [0.717, 1.165) is 23.6 Å². The maximum atomic E-state index is 4.41. The molecule has 0 amide bonds. The highest BCUT2D eigenvalue weighted by Crippen LogP contribution is 2.17. The quantitative estimate of drug-likeness (QED) is 0.652. The molecule has 0 radical (unpaired) electrons. The van der Waals surface area contributed by atoms with Crippen LogP contribution in [-0.4, -0.2) is 15.5 Å². The molecule has 0 aliphatic heterocycles. The van der Waals surface area contributed by atoms with E-state index in [1.165, 1.54) is 0 Å². The molecule has 0 saturated heterocycles. The maximum Gasteiger partial charge on any atom is 0.153 e. The molecule has 0 unspecified atom stereocenters. The molecule has 3 heteroatoms. The predicted molar refractivity (Wildman–Crippen MR) is 55.6 cm³/mol. The van der Waals surface area contributed by atoms with E-state index in [9.17, 15) is 0 Å². The monoisotopic (exact) mass is 177 g/mol. The molecule has 0 aromatic carbocycles. The van der Waals surface area contributed by atoms with E-state index < -0.39 is 0 Å². The van der Waals surface area contributed by atoms with Crippen molar-refractivity contribution < 1.29 is 0 Å². The van der Waals surface area contributed by atoms with Crippen molar-refractivity contribution >= 4 is 11.5 Å². The zero-order chi connectivity index (χ0) is 9.84. The average Bonchev–Trinajstić information content (AvgIpc) is 2.48. The Balaban J connectivity index is 3.11. The zero-order valence-electron chi connectivity index (χ0n) is 8.41. The molecular formula is C10H15N3. The molecule has 1 rings (SSSR count). The first-order valence-electron chi connectivity index (χ1n) is 4.39. The Kier molecular flexibility index (Phi) is 3.01. The summed E-state index contributed by atoms with van der Waals surface area (Å²) in [5.41, 5.74) is 2.02. The molecule has 0 atom stereocenters. The van der Waals surface area contributed by atoms with E-state index in [1.807, 2.05) is 24.7 Å². The van der Waals surface area contributed by atoms with Gasteiger partial charge in [0.05, 0.1) is 6.20 Å². The molecule has 0 bridgehead atoms. The van der Waals surface area contributed by atoms with Gasteiger partial charge in [0.15, 0.2) is 5.82 Å². The van der Waals surface area contributed by atoms with Crippen molar-refractivity contribution in [1.82, 2.24) is 9.78 Å². The van der Waals surface area contributed by atoms with Crippen molar-refractivity contribution in [3.8, 4) is 0 Å². The predicted octanol–water partition coefficient (Wildman–Crippen LogP) is 2.49. The van der Waals surface area contributed by atoms with Crippen molar-refractivity contribution in [1.29, 1.82) is 0 Å². The molecule has 0 saturated carbocycles. The number of rotatable bonds is 3. The molecule has 1 heterocycles. The third kappa shape index (κ3) is 2.05. The van der Waals surface area contributed by atoms with Gasteiger partial charge in [0, 0.05) is 17.8 Å². The zero-order valence-corrected chi connectivity index (χ0v) is 8.41. The van der Waals surface area contributed by atoms with E-state index in [-0.39, 0.29) is 0 Å². The molecule has 0 aliphatic rings. The van der Waals surface area contributed by atoms with E-state index in [2.05, 4.69) is 23.6 Å². The van der Waals surface area contributed by atoms with Gasteiger partial charge in [-0.3, -0.25) is 0 Å². The smallest absolute Gasteiger partial charge is 0.153 e. The van der Waals surface area contributed by atoms with Crippen LogP contribution < -0.4 is 0 Å². The van der Waals surface area contributed by atoms with Crippen LogP contribution in [0.4, 0.5) is 5.82 Å². The third-order valence-corrected chi connectivity index (χ3v) is 1.87. The highest BCUT2D eigenvalue weighted by Gasteiger charge is 2.03. The lowest BCUT2D eigenvalue weighted by atomic mass is 10.3. The summed E-state index contributed by atoms with van der Waals surface area (Å²) in [5, 5.41) is 4.20. The largest absolute Gasteiger partial charge is 0.248 e. The normalized spacial score (nSPS) is 11.8. The van der Waals surface area contributed by atoms with Gasteiger partial charge in [0.2, 0.25) is 0 Å². The fourth-order valence-electron chi connectivity index (χ4n) is 1.06. The van der Waals surface area contributed by atoms with Crippen molar-refractivity contribution in [2.24, 2.45) is 4.99 Å². The second-order valence-electron chi connectivity index (χ2n) is 2.92. The van der Waals surface area contributed by atoms with Crippen LogP contribution in [0, 0.1) is 6.92 Å². The Morgan fingerprint density at radius 1 is 1.77 bits per heavy atom. The van der Waals surface area contributed by atoms with E-state index in [1.54, 1.807) is 6.08 Å². The fourth-order valence-corrected chi connectivity index (χ4v) is 1.06. The number of allylic oxidation sites excluding steroid dienone is 1. The Hall–Kier alpha value is -1.38. The SMILES string of the molecule is C=CC(C)=Nc1c(C)cnn1CC. The van der Waals surface area contributed by atoms with Crippen LogP contribution in [0.15, 0.2) is 23.8 Å². The lowest BCUT2D eigenvalue weighted by Gasteiger charge is -2.00. The van der Waals surface area contributed by atoms with Crippen molar-refractivity contribution in [2.45, 2.75) is 27.3 Å². The first-order chi connectivity index (χ1) is 6.19. The molecule has 13 heavy (non-hydrogen) atoms. The van der Waals surface area contributed by atoms with Crippen LogP contribution >= 0.6 is 0 Å². The molecule has 0 fully saturated rings. The number of nitrogens with zero attached hydrogens (tertiary/aromatic N) is 3. The highest BCUT2D eigenvalue weighted by molar-refractivity contribution is 5.94. The van der Waals surface area contributed by atoms with Crippen molar-refractivity contribution in [2.75, 3.05) is 0 Å². The minimum Gasteiger partial charge on any atom is -0.248 e. The molecule has 0 spiro atoms. The Morgan fingerprint density at radius 3 is 3.00 bits per heavy atom. The summed E-state index contributed by atoms with van der Waals surface area (Å²) in [7, 11) is 0. The summed E-state index contributed by atoms with van der Waals surface area (Å²) in [6.07, 6.45) is 3.57. The lowest BCUT2D eigenvalue weighted by Crippen LogP contribution is -1.96. The highest BCUT2D eigenvalue weighted by atomic mass is 15.3. The van der Waals surface area contributed by atoms with E-state index in [0.29, 0.717) is 0 Å². The first kappa shape index (κ1) is 9.71. The van der Waals surface area contributed by atoms with Gasteiger partial charge in [0.25, 0.3) is 0 Å². The van der Waals surface area contributed by atoms with Gasteiger partial charge in [0.1, 0.15) is 0 Å². The molecular weight excluding hydrogens is 162 g/mol. The van der Waals surface area contributed by atoms with E-state index >= 15 is 0 Å². The van der Waals surface area contributed by atoms with Gasteiger partial charge in [-0.1, -0.05) is 6.58 Å². The molecule has 3 nitrogen and oxygen atoms in total. The van der Waals surface area contributed by atoms with Gasteiger partial charge < -0.3 is 0 Å². The van der Waals surface area contributed by atoms with Gasteiger partial charge in [-0.15, -0.1) is 0 Å². The molecule has 0 aliphatic carbocycles. The standard InChI is InChI=1S/C10H15N3/c1-5-9(4)12-10-8(3)7-11-13(10)6-2/h5,7H,1,6H2,2-4H3. The van der Waals surface area contributed by atoms with Crippen LogP contribution in [0.1, 0.15) is 19.4 Å². The van der Waals surface area contributed by atoms with Gasteiger partial charge in [-0.25, -0.2) is 9.67 Å². The number of hydrogen-bond donors (Lipinski definition) is 0. The minimum absolute atomic E-state index is 0.844. The van der Waals surface area contributed by atoms with Crippen LogP contribution in [0.3, 0.4) is 0 Å². The second-order valence-corrected chi connectivity index (χ2v) is 2.92. The van der Waals surface area contributed by atoms with Gasteiger partial charge in [-0.05, 0) is 26.8 Å². The summed E-state index contributed by atoms with van der Waals surface area (Å²) in [6.45, 7) is 10.5. The summed E-state index contributed by atoms with van der Waals surface area (Å²) in [4.78, 5) is 4.41. The topological polar surface area (TPSA) is 30.2 Å². The number of hydrogen-bond acceptors (Lipinski definition) is 2. The number of aromatic nitrogens is 2. The van der Waals surface area contributed by atoms with Crippen LogP contribution in [0.2, 0.25) is 0 Å². The van der Waals surface area contributed by atoms with Crippen LogP contribution in [-0.2, 0) is 6.54 Å². The third-order valence-electron chi connectivity index (χ3n) is 1.87. The molecule has 70 valence electrons. The summed E-state index contributed by atoms with van der Waals surface area (Å²) >= 11 is 0. The Labute approximate surface area is 78.8 Å². The minimum atomic E-state index is 0.844. The van der Waals surface area contributed by atoms with Crippen molar-refractivity contribution in [3.05, 3.63) is 24.4 Å². The lowest BCUT2D eigenvalue weighted by molar-refractivity contribution is 0.664. The molecule has 1 aromatic rings. The van der Waals surface area contributed by atoms with Gasteiger partial charge >= 0.3 is 0 Å². The van der Waals surface area contributed by atoms with Crippen LogP contribution in [0.5, 0.6) is 0 Å². The summed E-state index contributed by atoms with van der Waals surface area (Å²) < 4.78 is 1.88. The average molecular weight is 177 g/mol. The first-order valence-corrected chi connectivity index (χ1v) is 4.39. The number of aryl methyl sites for hydroxylation is 2. The Bertz CT molecular complexity index is 334. The fraction of sp³-hybridized carbons (Fsp3) is 0.400. The van der Waals surface area contributed by atoms with Crippen LogP contribution in [0.25, 0.3) is 0 Å². The van der Waals surface area contributed by atoms with E-state index in [4.69, 9.17) is 0 Å². The molecule has 1 aromatic heterocycles. The Morgan fingerprint density at radius 2 is 2.46 bits per heavy atom.